The van der Waals surface area contributed by atoms with E-state index in [1.807, 2.05) is 30.3 Å². The number of aromatic nitrogens is 1. The lowest BCUT2D eigenvalue weighted by Gasteiger charge is -2.06. The zero-order valence-corrected chi connectivity index (χ0v) is 14.7. The second kappa shape index (κ2) is 6.91. The first-order chi connectivity index (χ1) is 12.3. The molecule has 0 unspecified atom stereocenters. The van der Waals surface area contributed by atoms with E-state index in [0.717, 1.165) is 33.0 Å². The largest absolute Gasteiger partial charge is 0.497 e. The van der Waals surface area contributed by atoms with Gasteiger partial charge in [-0.15, -0.1) is 11.3 Å². The van der Waals surface area contributed by atoms with Crippen molar-refractivity contribution in [2.45, 2.75) is 0 Å². The topological polar surface area (TPSA) is 22.1 Å². The molecule has 122 valence electrons. The Labute approximate surface area is 151 Å². The number of nitrogens with zero attached hydrogens (tertiary/aromatic N) is 1. The number of methoxy groups -OCH3 is 1. The first-order valence-corrected chi connectivity index (χ1v) is 8.92. The Balaban J connectivity index is 1.88. The molecule has 4 aromatic rings. The van der Waals surface area contributed by atoms with Gasteiger partial charge in [0.1, 0.15) is 10.8 Å². The van der Waals surface area contributed by atoms with Crippen LogP contribution in [0.4, 0.5) is 0 Å². The monoisotopic (exact) mass is 343 g/mol. The zero-order valence-electron chi connectivity index (χ0n) is 13.8. The van der Waals surface area contributed by atoms with Crippen molar-refractivity contribution in [3.8, 4) is 5.75 Å². The van der Waals surface area contributed by atoms with Crippen molar-refractivity contribution in [1.29, 1.82) is 0 Å². The van der Waals surface area contributed by atoms with Crippen LogP contribution in [0.15, 0.2) is 78.9 Å². The predicted molar refractivity (Wildman–Crippen MR) is 106 cm³/mol. The summed E-state index contributed by atoms with van der Waals surface area (Å²) in [5, 5.41) is 1.02. The number of para-hydroxylation sites is 1. The lowest BCUT2D eigenvalue weighted by atomic mass is 10.0. The average molecular weight is 343 g/mol. The van der Waals surface area contributed by atoms with Crippen molar-refractivity contribution in [1.82, 2.24) is 4.98 Å². The first-order valence-electron chi connectivity index (χ1n) is 8.10. The Morgan fingerprint density at radius 3 is 2.52 bits per heavy atom. The summed E-state index contributed by atoms with van der Waals surface area (Å²) >= 11 is 1.72. The number of rotatable bonds is 4. The van der Waals surface area contributed by atoms with Gasteiger partial charge in [-0.1, -0.05) is 54.6 Å². The SMILES string of the molecule is COc1cccc(C=C(c2ccccc2)c2nc3ccccc3s2)c1. The lowest BCUT2D eigenvalue weighted by Crippen LogP contribution is -1.88. The maximum Gasteiger partial charge on any atom is 0.125 e. The molecule has 0 N–H and O–H groups in total. The van der Waals surface area contributed by atoms with E-state index in [1.54, 1.807) is 18.4 Å². The highest BCUT2D eigenvalue weighted by Crippen LogP contribution is 2.32. The van der Waals surface area contributed by atoms with Crippen molar-refractivity contribution >= 4 is 33.2 Å². The van der Waals surface area contributed by atoms with Gasteiger partial charge in [-0.05, 0) is 41.5 Å². The molecule has 0 spiro atoms. The van der Waals surface area contributed by atoms with Crippen LogP contribution < -0.4 is 4.74 Å². The summed E-state index contributed by atoms with van der Waals surface area (Å²) in [4.78, 5) is 4.85. The van der Waals surface area contributed by atoms with Crippen LogP contribution in [0.1, 0.15) is 16.1 Å². The van der Waals surface area contributed by atoms with Gasteiger partial charge in [-0.25, -0.2) is 4.98 Å². The van der Waals surface area contributed by atoms with E-state index in [2.05, 4.69) is 54.6 Å². The molecule has 0 aliphatic carbocycles. The van der Waals surface area contributed by atoms with Crippen LogP contribution in [0.2, 0.25) is 0 Å². The fourth-order valence-electron chi connectivity index (χ4n) is 2.77. The Morgan fingerprint density at radius 1 is 0.920 bits per heavy atom. The summed E-state index contributed by atoms with van der Waals surface area (Å²) in [6, 6.07) is 26.7. The van der Waals surface area contributed by atoms with E-state index < -0.39 is 0 Å². The minimum atomic E-state index is 0.852. The standard InChI is InChI=1S/C22H17NOS/c1-24-18-11-7-8-16(14-18)15-19(17-9-3-2-4-10-17)22-23-20-12-5-6-13-21(20)25-22/h2-15H,1H3. The molecule has 4 rings (SSSR count). The smallest absolute Gasteiger partial charge is 0.125 e. The van der Waals surface area contributed by atoms with Crippen molar-refractivity contribution in [3.63, 3.8) is 0 Å². The van der Waals surface area contributed by atoms with Crippen molar-refractivity contribution < 1.29 is 4.74 Å². The normalized spacial score (nSPS) is 11.6. The summed E-state index contributed by atoms with van der Waals surface area (Å²) in [5.74, 6) is 0.852. The van der Waals surface area contributed by atoms with Gasteiger partial charge < -0.3 is 4.74 Å². The third-order valence-electron chi connectivity index (χ3n) is 4.01. The van der Waals surface area contributed by atoms with E-state index in [1.165, 1.54) is 4.70 Å². The number of hydrogen-bond donors (Lipinski definition) is 0. The number of hydrogen-bond acceptors (Lipinski definition) is 3. The fourth-order valence-corrected chi connectivity index (χ4v) is 3.78. The minimum Gasteiger partial charge on any atom is -0.497 e. The maximum absolute atomic E-state index is 5.35. The van der Waals surface area contributed by atoms with Gasteiger partial charge in [0.2, 0.25) is 0 Å². The van der Waals surface area contributed by atoms with Gasteiger partial charge in [0.05, 0.1) is 17.3 Å². The van der Waals surface area contributed by atoms with Gasteiger partial charge in [0.15, 0.2) is 0 Å². The Morgan fingerprint density at radius 2 is 1.72 bits per heavy atom. The maximum atomic E-state index is 5.35. The Kier molecular flexibility index (Phi) is 4.32. The fraction of sp³-hybridized carbons (Fsp3) is 0.0455. The Hall–Kier alpha value is -2.91. The Bertz CT molecular complexity index is 1000. The van der Waals surface area contributed by atoms with Crippen molar-refractivity contribution in [2.75, 3.05) is 7.11 Å². The lowest BCUT2D eigenvalue weighted by molar-refractivity contribution is 0.414. The van der Waals surface area contributed by atoms with E-state index in [0.29, 0.717) is 0 Å². The molecule has 0 fully saturated rings. The molecular weight excluding hydrogens is 326 g/mol. The molecule has 3 heteroatoms. The molecule has 0 aliphatic rings. The van der Waals surface area contributed by atoms with E-state index in [4.69, 9.17) is 9.72 Å². The van der Waals surface area contributed by atoms with Crippen LogP contribution in [0, 0.1) is 0 Å². The molecule has 0 saturated carbocycles. The molecule has 0 radical (unpaired) electrons. The second-order valence-electron chi connectivity index (χ2n) is 5.69. The third kappa shape index (κ3) is 3.32. The summed E-state index contributed by atoms with van der Waals surface area (Å²) in [7, 11) is 1.69. The van der Waals surface area contributed by atoms with Crippen LogP contribution in [-0.2, 0) is 0 Å². The van der Waals surface area contributed by atoms with Crippen LogP contribution in [0.25, 0.3) is 21.9 Å². The van der Waals surface area contributed by atoms with Crippen molar-refractivity contribution in [3.05, 3.63) is 95.0 Å². The highest BCUT2D eigenvalue weighted by Gasteiger charge is 2.11. The third-order valence-corrected chi connectivity index (χ3v) is 5.08. The molecule has 0 bridgehead atoms. The molecule has 0 amide bonds. The highest BCUT2D eigenvalue weighted by atomic mass is 32.1. The average Bonchev–Trinajstić information content (AvgIpc) is 3.11. The molecule has 1 aromatic heterocycles. The molecular formula is C22H17NOS. The predicted octanol–water partition coefficient (Wildman–Crippen LogP) is 5.89. The highest BCUT2D eigenvalue weighted by molar-refractivity contribution is 7.19. The zero-order chi connectivity index (χ0) is 17.1. The van der Waals surface area contributed by atoms with Gasteiger partial charge in [0, 0.05) is 5.57 Å². The molecule has 25 heavy (non-hydrogen) atoms. The van der Waals surface area contributed by atoms with Crippen LogP contribution in [-0.4, -0.2) is 12.1 Å². The van der Waals surface area contributed by atoms with Crippen LogP contribution in [0.5, 0.6) is 5.75 Å². The number of fused-ring (bicyclic) bond motifs is 1. The van der Waals surface area contributed by atoms with E-state index in [9.17, 15) is 0 Å². The molecule has 0 atom stereocenters. The molecule has 1 heterocycles. The summed E-state index contributed by atoms with van der Waals surface area (Å²) in [5.41, 5.74) is 4.41. The molecule has 3 aromatic carbocycles. The summed E-state index contributed by atoms with van der Waals surface area (Å²) < 4.78 is 6.55. The van der Waals surface area contributed by atoms with Crippen LogP contribution >= 0.6 is 11.3 Å². The quantitative estimate of drug-likeness (QED) is 0.431. The molecule has 0 aliphatic heterocycles. The number of ether oxygens (including phenoxy) is 1. The second-order valence-corrected chi connectivity index (χ2v) is 6.72. The van der Waals surface area contributed by atoms with Crippen molar-refractivity contribution in [2.24, 2.45) is 0 Å². The minimum absolute atomic E-state index is 0.852. The molecule has 2 nitrogen and oxygen atoms in total. The first kappa shape index (κ1) is 15.6. The number of benzene rings is 3. The van der Waals surface area contributed by atoms with E-state index in [-0.39, 0.29) is 0 Å². The van der Waals surface area contributed by atoms with Gasteiger partial charge in [-0.2, -0.15) is 0 Å². The number of thiazole rings is 1. The summed E-state index contributed by atoms with van der Waals surface area (Å²) in [6.45, 7) is 0. The van der Waals surface area contributed by atoms with Gasteiger partial charge >= 0.3 is 0 Å². The molecule has 0 saturated heterocycles. The van der Waals surface area contributed by atoms with Gasteiger partial charge in [-0.3, -0.25) is 0 Å². The van der Waals surface area contributed by atoms with E-state index >= 15 is 0 Å². The van der Waals surface area contributed by atoms with Crippen LogP contribution in [0.3, 0.4) is 0 Å². The van der Waals surface area contributed by atoms with Gasteiger partial charge in [0.25, 0.3) is 0 Å². The summed E-state index contributed by atoms with van der Waals surface area (Å²) in [6.07, 6.45) is 2.18.